The molecule has 0 saturated carbocycles. The lowest BCUT2D eigenvalue weighted by molar-refractivity contribution is 0.587. The fraction of sp³-hybridized carbons (Fsp3) is 0.357. The Bertz CT molecular complexity index is 752. The third-order valence-electron chi connectivity index (χ3n) is 3.20. The molecule has 0 bridgehead atoms. The number of nitrogens with zero attached hydrogens (tertiary/aromatic N) is 1. The minimum atomic E-state index is -3.44. The molecule has 0 atom stereocenters. The van der Waals surface area contributed by atoms with Gasteiger partial charge in [-0.2, -0.15) is 0 Å². The normalized spacial score (nSPS) is 11.6. The summed E-state index contributed by atoms with van der Waals surface area (Å²) in [4.78, 5) is 5.84. The zero-order valence-corrected chi connectivity index (χ0v) is 14.2. The lowest BCUT2D eigenvalue weighted by Crippen LogP contribution is -2.19. The maximum absolute atomic E-state index is 12.0. The summed E-state index contributed by atoms with van der Waals surface area (Å²) in [6, 6.07) is 5.34. The van der Waals surface area contributed by atoms with Gasteiger partial charge < -0.3 is 5.32 Å². The van der Waals surface area contributed by atoms with Crippen molar-refractivity contribution in [3.8, 4) is 0 Å². The minimum absolute atomic E-state index is 0.298. The highest BCUT2D eigenvalue weighted by atomic mass is 32.2. The molecule has 1 heterocycles. The fourth-order valence-corrected chi connectivity index (χ4v) is 3.90. The molecule has 2 aromatic rings. The van der Waals surface area contributed by atoms with E-state index in [0.29, 0.717) is 11.4 Å². The summed E-state index contributed by atoms with van der Waals surface area (Å²) in [5.74, 6) is 0. The van der Waals surface area contributed by atoms with Crippen LogP contribution in [-0.2, 0) is 16.6 Å². The van der Waals surface area contributed by atoms with Gasteiger partial charge in [-0.25, -0.2) is 18.1 Å². The van der Waals surface area contributed by atoms with Gasteiger partial charge in [-0.15, -0.1) is 11.3 Å². The molecule has 7 heteroatoms. The van der Waals surface area contributed by atoms with Crippen LogP contribution in [0.2, 0.25) is 0 Å². The number of aryl methyl sites for hydroxylation is 3. The van der Waals surface area contributed by atoms with E-state index in [1.165, 1.54) is 7.05 Å². The second kappa shape index (κ2) is 6.13. The third kappa shape index (κ3) is 3.61. The van der Waals surface area contributed by atoms with Crippen LogP contribution in [0.3, 0.4) is 0 Å². The van der Waals surface area contributed by atoms with E-state index in [0.717, 1.165) is 26.8 Å². The first-order chi connectivity index (χ1) is 9.83. The first-order valence-electron chi connectivity index (χ1n) is 6.54. The van der Waals surface area contributed by atoms with Crippen LogP contribution in [0.25, 0.3) is 0 Å². The lowest BCUT2D eigenvalue weighted by Gasteiger charge is -2.10. The Kier molecular flexibility index (Phi) is 4.65. The van der Waals surface area contributed by atoms with Crippen LogP contribution in [0.1, 0.15) is 21.1 Å². The van der Waals surface area contributed by atoms with Gasteiger partial charge in [0.05, 0.1) is 22.1 Å². The molecule has 0 spiro atoms. The molecule has 0 unspecified atom stereocenters. The quantitative estimate of drug-likeness (QED) is 0.886. The van der Waals surface area contributed by atoms with Crippen LogP contribution >= 0.6 is 11.3 Å². The molecule has 21 heavy (non-hydrogen) atoms. The van der Waals surface area contributed by atoms with Crippen LogP contribution < -0.4 is 10.0 Å². The van der Waals surface area contributed by atoms with Crippen LogP contribution in [0.5, 0.6) is 0 Å². The molecule has 114 valence electrons. The number of thiazole rings is 1. The molecule has 0 amide bonds. The summed E-state index contributed by atoms with van der Waals surface area (Å²) in [7, 11) is -2.02. The molecule has 0 fully saturated rings. The zero-order valence-electron chi connectivity index (χ0n) is 12.5. The van der Waals surface area contributed by atoms with Crippen molar-refractivity contribution in [2.45, 2.75) is 32.2 Å². The van der Waals surface area contributed by atoms with Crippen LogP contribution in [-0.4, -0.2) is 20.4 Å². The van der Waals surface area contributed by atoms with Crippen molar-refractivity contribution in [1.82, 2.24) is 9.71 Å². The van der Waals surface area contributed by atoms with Crippen molar-refractivity contribution in [3.63, 3.8) is 0 Å². The summed E-state index contributed by atoms with van der Waals surface area (Å²) >= 11 is 1.65. The summed E-state index contributed by atoms with van der Waals surface area (Å²) < 4.78 is 26.3. The number of hydrogen-bond donors (Lipinski definition) is 2. The second-order valence-corrected chi connectivity index (χ2v) is 7.93. The van der Waals surface area contributed by atoms with E-state index in [-0.39, 0.29) is 0 Å². The zero-order chi connectivity index (χ0) is 15.6. The van der Waals surface area contributed by atoms with E-state index < -0.39 is 10.0 Å². The molecule has 2 N–H and O–H groups in total. The number of sulfonamides is 1. The Hall–Kier alpha value is -1.44. The average Bonchev–Trinajstić information content (AvgIpc) is 2.76. The highest BCUT2D eigenvalue weighted by molar-refractivity contribution is 7.89. The van der Waals surface area contributed by atoms with E-state index in [2.05, 4.69) is 15.0 Å². The molecule has 0 aliphatic rings. The SMILES string of the molecule is CNS(=O)(=O)c1cc(NCc2sc(C)nc2C)ccc1C. The van der Waals surface area contributed by atoms with Crippen LogP contribution in [0.4, 0.5) is 5.69 Å². The van der Waals surface area contributed by atoms with Gasteiger partial charge in [-0.1, -0.05) is 6.07 Å². The fourth-order valence-electron chi connectivity index (χ4n) is 2.03. The topological polar surface area (TPSA) is 71.1 Å². The molecule has 5 nitrogen and oxygen atoms in total. The molecule has 0 saturated heterocycles. The molecule has 1 aromatic heterocycles. The molecule has 0 aliphatic carbocycles. The van der Waals surface area contributed by atoms with Gasteiger partial charge in [0.25, 0.3) is 0 Å². The lowest BCUT2D eigenvalue weighted by atomic mass is 10.2. The van der Waals surface area contributed by atoms with Crippen LogP contribution in [0, 0.1) is 20.8 Å². The average molecular weight is 325 g/mol. The maximum atomic E-state index is 12.0. The van der Waals surface area contributed by atoms with E-state index >= 15 is 0 Å². The van der Waals surface area contributed by atoms with Crippen molar-refractivity contribution in [3.05, 3.63) is 39.3 Å². The van der Waals surface area contributed by atoms with Gasteiger partial charge in [0.15, 0.2) is 0 Å². The predicted molar refractivity (Wildman–Crippen MR) is 86.3 cm³/mol. The van der Waals surface area contributed by atoms with E-state index in [1.807, 2.05) is 19.9 Å². The molecule has 1 aromatic carbocycles. The molecular formula is C14H19N3O2S2. The van der Waals surface area contributed by atoms with E-state index in [4.69, 9.17) is 0 Å². The highest BCUT2D eigenvalue weighted by Gasteiger charge is 2.15. The van der Waals surface area contributed by atoms with Crippen molar-refractivity contribution >= 4 is 27.0 Å². The molecular weight excluding hydrogens is 306 g/mol. The number of aromatic nitrogens is 1. The first kappa shape index (κ1) is 15.9. The molecule has 0 aliphatic heterocycles. The van der Waals surface area contributed by atoms with Crippen molar-refractivity contribution < 1.29 is 8.42 Å². The van der Waals surface area contributed by atoms with Gasteiger partial charge >= 0.3 is 0 Å². The second-order valence-electron chi connectivity index (χ2n) is 4.78. The highest BCUT2D eigenvalue weighted by Crippen LogP contribution is 2.22. The van der Waals surface area contributed by atoms with Crippen molar-refractivity contribution in [2.24, 2.45) is 0 Å². The largest absolute Gasteiger partial charge is 0.380 e. The van der Waals surface area contributed by atoms with Gasteiger partial charge in [-0.3, -0.25) is 0 Å². The third-order valence-corrected chi connectivity index (χ3v) is 5.83. The monoisotopic (exact) mass is 325 g/mol. The first-order valence-corrected chi connectivity index (χ1v) is 8.84. The summed E-state index contributed by atoms with van der Waals surface area (Å²) in [6.07, 6.45) is 0. The Morgan fingerprint density at radius 1 is 1.24 bits per heavy atom. The van der Waals surface area contributed by atoms with Gasteiger partial charge in [0.2, 0.25) is 10.0 Å². The number of benzene rings is 1. The summed E-state index contributed by atoms with van der Waals surface area (Å²) in [5, 5.41) is 4.29. The van der Waals surface area contributed by atoms with Gasteiger partial charge in [0.1, 0.15) is 0 Å². The smallest absolute Gasteiger partial charge is 0.240 e. The standard InChI is InChI=1S/C14H19N3O2S2/c1-9-5-6-12(7-14(9)21(18,19)15-4)16-8-13-10(2)17-11(3)20-13/h5-7,15-16H,8H2,1-4H3. The maximum Gasteiger partial charge on any atom is 0.240 e. The molecule has 0 radical (unpaired) electrons. The van der Waals surface area contributed by atoms with Crippen molar-refractivity contribution in [1.29, 1.82) is 0 Å². The van der Waals surface area contributed by atoms with Crippen molar-refractivity contribution in [2.75, 3.05) is 12.4 Å². The minimum Gasteiger partial charge on any atom is -0.380 e. The van der Waals surface area contributed by atoms with E-state index in [1.54, 1.807) is 30.4 Å². The Morgan fingerprint density at radius 2 is 1.95 bits per heavy atom. The Morgan fingerprint density at radius 3 is 2.52 bits per heavy atom. The Labute approximate surface area is 129 Å². The Balaban J connectivity index is 2.22. The van der Waals surface area contributed by atoms with E-state index in [9.17, 15) is 8.42 Å². The number of hydrogen-bond acceptors (Lipinski definition) is 5. The number of nitrogens with one attached hydrogen (secondary N) is 2. The van der Waals surface area contributed by atoms with Crippen LogP contribution in [0.15, 0.2) is 23.1 Å². The predicted octanol–water partition coefficient (Wildman–Crippen LogP) is 2.59. The number of rotatable bonds is 5. The summed E-state index contributed by atoms with van der Waals surface area (Å²) in [6.45, 7) is 6.38. The summed E-state index contributed by atoms with van der Waals surface area (Å²) in [5.41, 5.74) is 2.51. The number of anilines is 1. The molecule has 2 rings (SSSR count). The van der Waals surface area contributed by atoms with Gasteiger partial charge in [-0.05, 0) is 45.5 Å². The van der Waals surface area contributed by atoms with Gasteiger partial charge in [0, 0.05) is 10.6 Å².